The van der Waals surface area contributed by atoms with Crippen LogP contribution in [0.1, 0.15) is 0 Å². The van der Waals surface area contributed by atoms with Gasteiger partial charge in [-0.05, 0) is 216 Å². The third-order valence-corrected chi connectivity index (χ3v) is 22.2. The van der Waals surface area contributed by atoms with Crippen molar-refractivity contribution in [3.05, 3.63) is 0 Å². The molecule has 3 aliphatic heterocycles. The van der Waals surface area contributed by atoms with Gasteiger partial charge in [-0.3, -0.25) is 0 Å². The fourth-order valence-electron chi connectivity index (χ4n) is 9.11. The summed E-state index contributed by atoms with van der Waals surface area (Å²) in [4.78, 5) is 0. The highest BCUT2D eigenvalue weighted by molar-refractivity contribution is 6.73. The van der Waals surface area contributed by atoms with Crippen LogP contribution in [0.15, 0.2) is 0 Å². The van der Waals surface area contributed by atoms with Gasteiger partial charge in [0.2, 0.25) is 0 Å². The minimum Gasteiger partial charge on any atom is -0.415 e. The Morgan fingerprint density at radius 2 is 0.397 bits per heavy atom. The lowest BCUT2D eigenvalue weighted by atomic mass is 9.96. The van der Waals surface area contributed by atoms with Gasteiger partial charge in [0.15, 0.2) is 110 Å². The van der Waals surface area contributed by atoms with Crippen molar-refractivity contribution in [1.29, 1.82) is 0 Å². The predicted molar refractivity (Wildman–Crippen MR) is 346 cm³/mol. The molecule has 16 nitrogen and oxygen atoms in total. The van der Waals surface area contributed by atoms with Crippen molar-refractivity contribution in [2.75, 3.05) is 19.8 Å². The van der Waals surface area contributed by atoms with Crippen molar-refractivity contribution in [3.8, 4) is 0 Å². The Kier molecular flexibility index (Phi) is 26.0. The van der Waals surface area contributed by atoms with E-state index >= 15 is 0 Å². The average molecular weight is 1300 g/mol. The minimum atomic E-state index is -2.48. The maximum absolute atomic E-state index is 7.73. The number of rotatable bonds is 29. The quantitative estimate of drug-likeness (QED) is 0.0654. The van der Waals surface area contributed by atoms with E-state index in [9.17, 15) is 0 Å². The lowest BCUT2D eigenvalue weighted by Gasteiger charge is -2.55. The molecule has 0 N–H and O–H groups in total. The van der Waals surface area contributed by atoms with Crippen LogP contribution in [-0.2, 0) is 72.4 Å². The number of ether oxygens (including phenoxy) is 5. The van der Waals surface area contributed by atoms with E-state index in [2.05, 4.69) is 216 Å². The van der Waals surface area contributed by atoms with Gasteiger partial charge in [0.05, 0.1) is 19.8 Å². The Morgan fingerprint density at radius 3 is 0.641 bits per heavy atom. The molecule has 3 aliphatic rings. The summed E-state index contributed by atoms with van der Waals surface area (Å²) < 4.78 is 116. The SMILES string of the molecule is C[Si](C)(C)OC[C@H]1O[C@@H](OC2[C@@H](CO[Si](C)(C)C)OC(O[Si](C)(C)C)[C@H](O[Si](C)(C)C)[C@H]2O[Si](C)(C)C)[C@H](O[Si](C)(C)C)[C@@H](O[Si](C)(C)C)C1O[C@@H]1O[C@H](CO[Si](C)(C)C)[C@@H](O[Si](C)(C)C)[C@H](O[Si](C)(C)C)[C@H]1O[Si](C)(C)C. The first kappa shape index (κ1) is 74.0. The third-order valence-electron chi connectivity index (χ3n) is 11.3. The fourth-order valence-corrected chi connectivity index (χ4v) is 19.5. The van der Waals surface area contributed by atoms with Crippen LogP contribution in [-0.4, -0.2) is 203 Å². The second kappa shape index (κ2) is 27.4. The van der Waals surface area contributed by atoms with Gasteiger partial charge in [0, 0.05) is 0 Å². The summed E-state index contributed by atoms with van der Waals surface area (Å²) in [5.41, 5.74) is 0. The zero-order valence-corrected chi connectivity index (χ0v) is 66.8. The molecule has 3 rings (SSSR count). The Labute approximate surface area is 488 Å². The molecule has 0 bridgehead atoms. The van der Waals surface area contributed by atoms with E-state index in [0.29, 0.717) is 6.61 Å². The Balaban J connectivity index is 2.49. The Hall–Kier alpha value is 1.75. The monoisotopic (exact) mass is 1300 g/mol. The summed E-state index contributed by atoms with van der Waals surface area (Å²) in [6, 6.07) is 0. The van der Waals surface area contributed by atoms with Gasteiger partial charge >= 0.3 is 0 Å². The molecular formula is C51H120O16Si11. The van der Waals surface area contributed by atoms with E-state index in [-0.39, 0.29) is 13.2 Å². The molecule has 0 saturated carbocycles. The van der Waals surface area contributed by atoms with Gasteiger partial charge in [-0.1, -0.05) is 0 Å². The highest BCUT2D eigenvalue weighted by Crippen LogP contribution is 2.42. The van der Waals surface area contributed by atoms with Crippen molar-refractivity contribution in [2.24, 2.45) is 0 Å². The third kappa shape index (κ3) is 28.1. The summed E-state index contributed by atoms with van der Waals surface area (Å²) in [6.45, 7) is 73.3. The molecule has 3 unspecified atom stereocenters. The van der Waals surface area contributed by atoms with E-state index < -0.39 is 184 Å². The standard InChI is InChI=1S/C51H120O16Si11/c1-68(2,3)52-34-37-40(58-50-47(65-76(25,26)27)45(63-74(19,20)21)42(60-71(10,11)12)39(56-50)36-54-70(7,8)9)43(61-72(13,14)15)46(64-75(22,23)24)49(55-37)59-41-38(35-53-69(4,5)6)57-51(67-78(31,32)33)48(66-77(28,29)30)44(41)62-73(16,17)18/h37-51H,34-36H2,1-33H3/t37-,38-,39-,40?,41?,42-,43+,44+,45+,46-,47-,48-,49+,50+,51?/m1/s1. The summed E-state index contributed by atoms with van der Waals surface area (Å²) >= 11 is 0. The van der Waals surface area contributed by atoms with Crippen LogP contribution >= 0.6 is 0 Å². The summed E-state index contributed by atoms with van der Waals surface area (Å²) in [7, 11) is -25.0. The zero-order valence-electron chi connectivity index (χ0n) is 55.8. The smallest absolute Gasteiger partial charge is 0.187 e. The normalized spacial score (nSPS) is 32.2. The first-order valence-electron chi connectivity index (χ1n) is 29.1. The maximum Gasteiger partial charge on any atom is 0.187 e. The van der Waals surface area contributed by atoms with E-state index in [1.807, 2.05) is 0 Å². The molecule has 464 valence electrons. The lowest BCUT2D eigenvalue weighted by molar-refractivity contribution is -0.369. The van der Waals surface area contributed by atoms with E-state index in [4.69, 9.17) is 72.4 Å². The van der Waals surface area contributed by atoms with Crippen molar-refractivity contribution in [2.45, 2.75) is 308 Å². The molecule has 3 saturated heterocycles. The maximum atomic E-state index is 7.73. The molecule has 0 aliphatic carbocycles. The number of hydrogen-bond acceptors (Lipinski definition) is 16. The molecule has 15 atom stereocenters. The highest BCUT2D eigenvalue weighted by atomic mass is 28.4. The van der Waals surface area contributed by atoms with Crippen LogP contribution in [0.3, 0.4) is 0 Å². The second-order valence-corrected chi connectivity index (χ2v) is 81.9. The van der Waals surface area contributed by atoms with Crippen molar-refractivity contribution < 1.29 is 72.4 Å². The molecule has 0 aromatic rings. The van der Waals surface area contributed by atoms with E-state index in [1.165, 1.54) is 0 Å². The van der Waals surface area contributed by atoms with Crippen molar-refractivity contribution in [3.63, 3.8) is 0 Å². The molecule has 0 aromatic heterocycles. The highest BCUT2D eigenvalue weighted by Gasteiger charge is 2.60. The molecule has 0 amide bonds. The van der Waals surface area contributed by atoms with Crippen LogP contribution in [0, 0.1) is 0 Å². The lowest BCUT2D eigenvalue weighted by Crippen LogP contribution is -2.71. The van der Waals surface area contributed by atoms with Gasteiger partial charge < -0.3 is 72.4 Å². The van der Waals surface area contributed by atoms with Crippen LogP contribution in [0.25, 0.3) is 0 Å². The first-order chi connectivity index (χ1) is 34.5. The van der Waals surface area contributed by atoms with Gasteiger partial charge in [-0.25, -0.2) is 0 Å². The van der Waals surface area contributed by atoms with Crippen LogP contribution in [0.2, 0.25) is 216 Å². The second-order valence-electron chi connectivity index (χ2n) is 32.7. The first-order valence-corrected chi connectivity index (χ1v) is 66.6. The molecule has 0 aromatic carbocycles. The van der Waals surface area contributed by atoms with E-state index in [0.717, 1.165) is 0 Å². The molecule has 3 heterocycles. The van der Waals surface area contributed by atoms with Gasteiger partial charge in [0.25, 0.3) is 0 Å². The summed E-state index contributed by atoms with van der Waals surface area (Å²) in [5.74, 6) is 0. The van der Waals surface area contributed by atoms with Gasteiger partial charge in [-0.15, -0.1) is 0 Å². The topological polar surface area (TPSA) is 148 Å². The van der Waals surface area contributed by atoms with Gasteiger partial charge in [0.1, 0.15) is 73.2 Å². The Morgan fingerprint density at radius 1 is 0.205 bits per heavy atom. The van der Waals surface area contributed by atoms with Crippen LogP contribution in [0.4, 0.5) is 0 Å². The molecular weight excluding hydrogens is 1180 g/mol. The van der Waals surface area contributed by atoms with Crippen molar-refractivity contribution in [1.82, 2.24) is 0 Å². The summed E-state index contributed by atoms with van der Waals surface area (Å²) in [5, 5.41) is 0. The Bertz CT molecular complexity index is 1820. The largest absolute Gasteiger partial charge is 0.415 e. The minimum absolute atomic E-state index is 0.196. The fraction of sp³-hybridized carbons (Fsp3) is 1.00. The molecule has 78 heavy (non-hydrogen) atoms. The van der Waals surface area contributed by atoms with E-state index in [1.54, 1.807) is 0 Å². The molecule has 0 radical (unpaired) electrons. The summed E-state index contributed by atoms with van der Waals surface area (Å²) in [6.07, 6.45) is -10.6. The predicted octanol–water partition coefficient (Wildman–Crippen LogP) is 12.9. The molecule has 27 heteroatoms. The average Bonchev–Trinajstić information content (AvgIpc) is 3.14. The van der Waals surface area contributed by atoms with Crippen molar-refractivity contribution >= 4 is 91.5 Å². The van der Waals surface area contributed by atoms with Gasteiger partial charge in [-0.2, -0.15) is 0 Å². The van der Waals surface area contributed by atoms with Crippen LogP contribution in [0.5, 0.6) is 0 Å². The molecule has 3 fully saturated rings. The molecule has 0 spiro atoms. The number of hydrogen-bond donors (Lipinski definition) is 0. The zero-order chi connectivity index (χ0) is 60.6. The van der Waals surface area contributed by atoms with Crippen LogP contribution < -0.4 is 0 Å².